The molecule has 1 unspecified atom stereocenters. The highest BCUT2D eigenvalue weighted by Crippen LogP contribution is 2.25. The molecule has 1 saturated heterocycles. The molecule has 0 amide bonds. The lowest BCUT2D eigenvalue weighted by Gasteiger charge is -2.11. The van der Waals surface area contributed by atoms with Crippen LogP contribution < -0.4 is 0 Å². The maximum Gasteiger partial charge on any atom is 0.152 e. The van der Waals surface area contributed by atoms with Crippen molar-refractivity contribution >= 4 is 9.84 Å². The second kappa shape index (κ2) is 4.20. The zero-order valence-electron chi connectivity index (χ0n) is 9.81. The molecule has 1 aliphatic rings. The van der Waals surface area contributed by atoms with Gasteiger partial charge in [0.15, 0.2) is 9.84 Å². The first-order valence-corrected chi connectivity index (χ1v) is 7.65. The molecule has 0 aromatic carbocycles. The van der Waals surface area contributed by atoms with Crippen LogP contribution in [0, 0.1) is 0 Å². The number of hydrogen-bond acceptors (Lipinski definition) is 3. The van der Waals surface area contributed by atoms with Crippen molar-refractivity contribution in [1.82, 2.24) is 9.78 Å². The largest absolute Gasteiger partial charge is 0.265 e. The minimum absolute atomic E-state index is 0.0558. The minimum atomic E-state index is -2.83. The van der Waals surface area contributed by atoms with Gasteiger partial charge in [0, 0.05) is 5.69 Å². The Bertz CT molecular complexity index is 476. The highest BCUT2D eigenvalue weighted by Gasteiger charge is 2.30. The van der Waals surface area contributed by atoms with E-state index in [4.69, 9.17) is 0 Å². The fourth-order valence-electron chi connectivity index (χ4n) is 2.21. The molecule has 0 bridgehead atoms. The number of sulfone groups is 1. The second-order valence-corrected chi connectivity index (χ2v) is 6.56. The van der Waals surface area contributed by atoms with Gasteiger partial charge in [-0.25, -0.2) is 8.42 Å². The highest BCUT2D eigenvalue weighted by atomic mass is 32.2. The van der Waals surface area contributed by atoms with Crippen molar-refractivity contribution in [3.63, 3.8) is 0 Å². The SMILES string of the molecule is CCc1cc(CC)n(C2CCS(=O)(=O)C2)n1. The summed E-state index contributed by atoms with van der Waals surface area (Å²) in [6, 6.07) is 2.14. The van der Waals surface area contributed by atoms with Crippen molar-refractivity contribution in [2.24, 2.45) is 0 Å². The fourth-order valence-corrected chi connectivity index (χ4v) is 3.90. The van der Waals surface area contributed by atoms with Crippen LogP contribution in [-0.4, -0.2) is 29.7 Å². The van der Waals surface area contributed by atoms with Gasteiger partial charge in [-0.1, -0.05) is 13.8 Å². The molecule has 90 valence electrons. The number of rotatable bonds is 3. The molecular formula is C11H18N2O2S. The molecule has 4 nitrogen and oxygen atoms in total. The predicted octanol–water partition coefficient (Wildman–Crippen LogP) is 1.37. The van der Waals surface area contributed by atoms with Crippen LogP contribution in [0.3, 0.4) is 0 Å². The van der Waals surface area contributed by atoms with Crippen molar-refractivity contribution in [3.05, 3.63) is 17.5 Å². The van der Waals surface area contributed by atoms with Gasteiger partial charge in [-0.2, -0.15) is 5.10 Å². The summed E-state index contributed by atoms with van der Waals surface area (Å²) in [7, 11) is -2.83. The van der Waals surface area contributed by atoms with Crippen LogP contribution in [0.1, 0.15) is 37.7 Å². The summed E-state index contributed by atoms with van der Waals surface area (Å²) < 4.78 is 24.8. The molecule has 0 N–H and O–H groups in total. The Labute approximate surface area is 96.6 Å². The normalized spacial score (nSPS) is 23.8. The van der Waals surface area contributed by atoms with Crippen molar-refractivity contribution in [2.75, 3.05) is 11.5 Å². The number of aromatic nitrogens is 2. The first-order valence-electron chi connectivity index (χ1n) is 5.83. The number of aryl methyl sites for hydroxylation is 2. The van der Waals surface area contributed by atoms with E-state index in [0.29, 0.717) is 12.2 Å². The van der Waals surface area contributed by atoms with E-state index in [0.717, 1.165) is 24.2 Å². The van der Waals surface area contributed by atoms with Crippen molar-refractivity contribution in [2.45, 2.75) is 39.2 Å². The Morgan fingerprint density at radius 2 is 2.19 bits per heavy atom. The number of nitrogens with zero attached hydrogens (tertiary/aromatic N) is 2. The summed E-state index contributed by atoms with van der Waals surface area (Å²) in [5, 5.41) is 4.50. The molecule has 16 heavy (non-hydrogen) atoms. The first kappa shape index (κ1) is 11.6. The van der Waals surface area contributed by atoms with E-state index in [2.05, 4.69) is 25.0 Å². The van der Waals surface area contributed by atoms with Gasteiger partial charge < -0.3 is 0 Å². The van der Waals surface area contributed by atoms with Crippen molar-refractivity contribution in [3.8, 4) is 0 Å². The summed E-state index contributed by atoms with van der Waals surface area (Å²) >= 11 is 0. The summed E-state index contributed by atoms with van der Waals surface area (Å²) in [5.74, 6) is 0.562. The lowest BCUT2D eigenvalue weighted by molar-refractivity contribution is 0.478. The zero-order valence-corrected chi connectivity index (χ0v) is 10.6. The Kier molecular flexibility index (Phi) is 3.06. The minimum Gasteiger partial charge on any atom is -0.265 e. The van der Waals surface area contributed by atoms with E-state index in [-0.39, 0.29) is 11.8 Å². The van der Waals surface area contributed by atoms with Crippen molar-refractivity contribution in [1.29, 1.82) is 0 Å². The van der Waals surface area contributed by atoms with Crippen LogP contribution in [0.25, 0.3) is 0 Å². The average molecular weight is 242 g/mol. The molecule has 1 aliphatic heterocycles. The van der Waals surface area contributed by atoms with E-state index in [1.165, 1.54) is 0 Å². The Hall–Kier alpha value is -0.840. The molecule has 0 saturated carbocycles. The van der Waals surface area contributed by atoms with E-state index in [9.17, 15) is 8.42 Å². The summed E-state index contributed by atoms with van der Waals surface area (Å²) in [6.07, 6.45) is 2.52. The smallest absolute Gasteiger partial charge is 0.152 e. The Morgan fingerprint density at radius 1 is 1.44 bits per heavy atom. The van der Waals surface area contributed by atoms with Crippen LogP contribution in [0.4, 0.5) is 0 Å². The van der Waals surface area contributed by atoms with E-state index in [1.54, 1.807) is 0 Å². The maximum absolute atomic E-state index is 11.4. The quantitative estimate of drug-likeness (QED) is 0.804. The summed E-state index contributed by atoms with van der Waals surface area (Å²) in [4.78, 5) is 0. The van der Waals surface area contributed by atoms with E-state index < -0.39 is 9.84 Å². The topological polar surface area (TPSA) is 52.0 Å². The maximum atomic E-state index is 11.4. The van der Waals surface area contributed by atoms with Crippen LogP contribution in [0.15, 0.2) is 6.07 Å². The molecule has 0 aliphatic carbocycles. The number of hydrogen-bond donors (Lipinski definition) is 0. The van der Waals surface area contributed by atoms with E-state index >= 15 is 0 Å². The molecule has 2 heterocycles. The van der Waals surface area contributed by atoms with Crippen LogP contribution in [0.5, 0.6) is 0 Å². The third kappa shape index (κ3) is 2.14. The third-order valence-electron chi connectivity index (χ3n) is 3.14. The summed E-state index contributed by atoms with van der Waals surface area (Å²) in [5.41, 5.74) is 2.21. The van der Waals surface area contributed by atoms with Gasteiger partial charge in [0.2, 0.25) is 0 Å². The van der Waals surface area contributed by atoms with Gasteiger partial charge in [0.25, 0.3) is 0 Å². The molecule has 5 heteroatoms. The van der Waals surface area contributed by atoms with Gasteiger partial charge >= 0.3 is 0 Å². The average Bonchev–Trinajstić information content (AvgIpc) is 2.80. The molecular weight excluding hydrogens is 224 g/mol. The van der Waals surface area contributed by atoms with Gasteiger partial charge in [-0.05, 0) is 25.3 Å². The van der Waals surface area contributed by atoms with Gasteiger partial charge in [-0.3, -0.25) is 4.68 Å². The van der Waals surface area contributed by atoms with Crippen LogP contribution >= 0.6 is 0 Å². The summed E-state index contributed by atoms with van der Waals surface area (Å²) in [6.45, 7) is 4.15. The lowest BCUT2D eigenvalue weighted by atomic mass is 10.2. The van der Waals surface area contributed by atoms with Gasteiger partial charge in [0.1, 0.15) is 0 Å². The molecule has 0 spiro atoms. The highest BCUT2D eigenvalue weighted by molar-refractivity contribution is 7.91. The molecule has 1 aromatic heterocycles. The fraction of sp³-hybridized carbons (Fsp3) is 0.727. The first-order chi connectivity index (χ1) is 7.55. The zero-order chi connectivity index (χ0) is 11.8. The Morgan fingerprint density at radius 3 is 2.69 bits per heavy atom. The van der Waals surface area contributed by atoms with Gasteiger partial charge in [0.05, 0.1) is 23.2 Å². The molecule has 1 fully saturated rings. The lowest BCUT2D eigenvalue weighted by Crippen LogP contribution is -2.15. The molecule has 1 aromatic rings. The molecule has 1 atom stereocenters. The van der Waals surface area contributed by atoms with E-state index in [1.807, 2.05) is 4.68 Å². The monoisotopic (exact) mass is 242 g/mol. The second-order valence-electron chi connectivity index (χ2n) is 4.34. The Balaban J connectivity index is 2.30. The molecule has 2 rings (SSSR count). The standard InChI is InChI=1S/C11H18N2O2S/c1-3-9-7-10(4-2)13(12-9)11-5-6-16(14,15)8-11/h7,11H,3-6,8H2,1-2H3. The van der Waals surface area contributed by atoms with Crippen molar-refractivity contribution < 1.29 is 8.42 Å². The third-order valence-corrected chi connectivity index (χ3v) is 4.89. The van der Waals surface area contributed by atoms with Gasteiger partial charge in [-0.15, -0.1) is 0 Å². The van der Waals surface area contributed by atoms with Crippen LogP contribution in [-0.2, 0) is 22.7 Å². The predicted molar refractivity (Wildman–Crippen MR) is 63.3 cm³/mol. The van der Waals surface area contributed by atoms with Crippen LogP contribution in [0.2, 0.25) is 0 Å². The molecule has 0 radical (unpaired) electrons.